The fraction of sp³-hybridized carbons (Fsp3) is 0.111. The molecule has 212 valence electrons. The summed E-state index contributed by atoms with van der Waals surface area (Å²) in [6.45, 7) is 1.92. The Morgan fingerprint density at radius 1 is 0.721 bits per heavy atom. The van der Waals surface area contributed by atoms with Crippen LogP contribution in [0.25, 0.3) is 10.8 Å². The lowest BCUT2D eigenvalue weighted by Crippen LogP contribution is -2.46. The maximum absolute atomic E-state index is 14.0. The molecule has 3 amide bonds. The van der Waals surface area contributed by atoms with E-state index < -0.39 is 11.8 Å². The summed E-state index contributed by atoms with van der Waals surface area (Å²) in [5.74, 6) is -0.826. The van der Waals surface area contributed by atoms with E-state index >= 15 is 0 Å². The summed E-state index contributed by atoms with van der Waals surface area (Å²) in [7, 11) is 1.53. The van der Waals surface area contributed by atoms with Crippen LogP contribution in [0.15, 0.2) is 109 Å². The van der Waals surface area contributed by atoms with Gasteiger partial charge >= 0.3 is 0 Å². The molecule has 1 aliphatic heterocycles. The molecule has 1 heterocycles. The second kappa shape index (κ2) is 11.4. The third-order valence-electron chi connectivity index (χ3n) is 7.70. The molecule has 0 bridgehead atoms. The van der Waals surface area contributed by atoms with Gasteiger partial charge in [0, 0.05) is 46.3 Å². The van der Waals surface area contributed by atoms with E-state index in [-0.39, 0.29) is 24.8 Å². The van der Waals surface area contributed by atoms with Crippen molar-refractivity contribution in [2.75, 3.05) is 25.1 Å². The van der Waals surface area contributed by atoms with Gasteiger partial charge in [-0.2, -0.15) is 0 Å². The smallest absolute Gasteiger partial charge is 0.261 e. The molecule has 0 atom stereocenters. The van der Waals surface area contributed by atoms with Crippen LogP contribution in [0.4, 0.5) is 5.69 Å². The van der Waals surface area contributed by atoms with Gasteiger partial charge in [-0.15, -0.1) is 0 Å². The highest BCUT2D eigenvalue weighted by Crippen LogP contribution is 2.32. The standard InChI is InChI=1S/C36H28N2O5/c1-23-14-19-30(31(22-23)43-2)37(34(40)27-17-15-26(16-18-27)33(39)25-8-4-3-5-9-25)20-21-38-35(41)28-12-6-10-24-11-7-13-29(32(24)28)36(38)42/h3-19,22H,20-21H2,1-2H3. The topological polar surface area (TPSA) is 84.0 Å². The third kappa shape index (κ3) is 5.06. The van der Waals surface area contributed by atoms with E-state index in [9.17, 15) is 19.2 Å². The fourth-order valence-electron chi connectivity index (χ4n) is 5.50. The number of imide groups is 1. The first-order valence-electron chi connectivity index (χ1n) is 13.9. The molecule has 0 radical (unpaired) electrons. The van der Waals surface area contributed by atoms with Gasteiger partial charge in [-0.1, -0.05) is 72.8 Å². The second-order valence-corrected chi connectivity index (χ2v) is 10.4. The largest absolute Gasteiger partial charge is 0.495 e. The number of hydrogen-bond donors (Lipinski definition) is 0. The van der Waals surface area contributed by atoms with E-state index in [4.69, 9.17) is 4.74 Å². The number of ether oxygens (including phenoxy) is 1. The van der Waals surface area contributed by atoms with E-state index in [2.05, 4.69) is 0 Å². The van der Waals surface area contributed by atoms with Gasteiger partial charge in [-0.05, 0) is 54.3 Å². The summed E-state index contributed by atoms with van der Waals surface area (Å²) in [5, 5.41) is 1.47. The molecular formula is C36H28N2O5. The van der Waals surface area contributed by atoms with Gasteiger partial charge in [-0.25, -0.2) is 0 Å². The number of methoxy groups -OCH3 is 1. The normalized spacial score (nSPS) is 12.4. The van der Waals surface area contributed by atoms with Crippen LogP contribution in [-0.4, -0.2) is 48.6 Å². The van der Waals surface area contributed by atoms with Crippen molar-refractivity contribution in [2.24, 2.45) is 0 Å². The van der Waals surface area contributed by atoms with Gasteiger partial charge < -0.3 is 9.64 Å². The highest BCUT2D eigenvalue weighted by atomic mass is 16.5. The van der Waals surface area contributed by atoms with E-state index in [0.717, 1.165) is 10.9 Å². The summed E-state index contributed by atoms with van der Waals surface area (Å²) in [4.78, 5) is 56.7. The van der Waals surface area contributed by atoms with Crippen LogP contribution < -0.4 is 9.64 Å². The van der Waals surface area contributed by atoms with E-state index in [1.54, 1.807) is 78.9 Å². The Morgan fingerprint density at radius 3 is 1.95 bits per heavy atom. The van der Waals surface area contributed by atoms with Crippen LogP contribution in [0.1, 0.15) is 52.6 Å². The van der Waals surface area contributed by atoms with Gasteiger partial charge in [0.05, 0.1) is 12.8 Å². The maximum Gasteiger partial charge on any atom is 0.261 e. The molecule has 0 aliphatic carbocycles. The number of hydrogen-bond acceptors (Lipinski definition) is 5. The molecule has 5 aromatic rings. The summed E-state index contributed by atoms with van der Waals surface area (Å²) in [6.07, 6.45) is 0. The van der Waals surface area contributed by atoms with Gasteiger partial charge in [0.15, 0.2) is 5.78 Å². The molecule has 0 spiro atoms. The molecule has 0 aromatic heterocycles. The molecule has 0 unspecified atom stereocenters. The van der Waals surface area contributed by atoms with Crippen molar-refractivity contribution in [1.29, 1.82) is 0 Å². The number of anilines is 1. The lowest BCUT2D eigenvalue weighted by molar-refractivity contribution is 0.0611. The van der Waals surface area contributed by atoms with Crippen LogP contribution in [0.5, 0.6) is 5.75 Å². The second-order valence-electron chi connectivity index (χ2n) is 10.4. The molecule has 1 aliphatic rings. The molecular weight excluding hydrogens is 540 g/mol. The van der Waals surface area contributed by atoms with Gasteiger partial charge in [-0.3, -0.25) is 24.1 Å². The number of rotatable bonds is 8. The third-order valence-corrected chi connectivity index (χ3v) is 7.70. The number of nitrogens with zero attached hydrogens (tertiary/aromatic N) is 2. The molecule has 6 rings (SSSR count). The first-order chi connectivity index (χ1) is 20.9. The van der Waals surface area contributed by atoms with Crippen molar-refractivity contribution in [3.63, 3.8) is 0 Å². The van der Waals surface area contributed by atoms with E-state index in [0.29, 0.717) is 44.6 Å². The first-order valence-corrected chi connectivity index (χ1v) is 13.9. The average molecular weight is 569 g/mol. The minimum atomic E-state index is -0.402. The molecule has 0 saturated heterocycles. The van der Waals surface area contributed by atoms with Crippen molar-refractivity contribution < 1.29 is 23.9 Å². The quantitative estimate of drug-likeness (QED) is 0.161. The fourth-order valence-corrected chi connectivity index (χ4v) is 5.50. The Morgan fingerprint density at radius 2 is 1.33 bits per heavy atom. The van der Waals surface area contributed by atoms with Crippen molar-refractivity contribution in [3.05, 3.63) is 143 Å². The van der Waals surface area contributed by atoms with Crippen molar-refractivity contribution in [1.82, 2.24) is 4.90 Å². The Kier molecular flexibility index (Phi) is 7.30. The van der Waals surface area contributed by atoms with Crippen LogP contribution in [0.2, 0.25) is 0 Å². The van der Waals surface area contributed by atoms with Gasteiger partial charge in [0.2, 0.25) is 0 Å². The average Bonchev–Trinajstić information content (AvgIpc) is 3.05. The number of carbonyl (C=O) groups is 4. The highest BCUT2D eigenvalue weighted by Gasteiger charge is 2.33. The molecule has 0 fully saturated rings. The van der Waals surface area contributed by atoms with Crippen LogP contribution >= 0.6 is 0 Å². The Bertz CT molecular complexity index is 1850. The van der Waals surface area contributed by atoms with Crippen LogP contribution in [0, 0.1) is 6.92 Å². The lowest BCUT2D eigenvalue weighted by atomic mass is 9.94. The van der Waals surface area contributed by atoms with Gasteiger partial charge in [0.1, 0.15) is 5.75 Å². The number of benzene rings is 5. The predicted octanol–water partition coefficient (Wildman–Crippen LogP) is 6.33. The number of aryl methyl sites for hydroxylation is 1. The van der Waals surface area contributed by atoms with E-state index in [1.807, 2.05) is 37.3 Å². The van der Waals surface area contributed by atoms with Gasteiger partial charge in [0.25, 0.3) is 17.7 Å². The van der Waals surface area contributed by atoms with Crippen LogP contribution in [0.3, 0.4) is 0 Å². The zero-order valence-electron chi connectivity index (χ0n) is 23.7. The number of ketones is 1. The Balaban J connectivity index is 1.32. The Labute approximate surface area is 248 Å². The first kappa shape index (κ1) is 27.6. The minimum absolute atomic E-state index is 0.0264. The zero-order valence-corrected chi connectivity index (χ0v) is 23.7. The summed E-state index contributed by atoms with van der Waals surface area (Å²) in [5.41, 5.74) is 3.72. The molecule has 7 nitrogen and oxygen atoms in total. The molecule has 0 saturated carbocycles. The number of carbonyl (C=O) groups excluding carboxylic acids is 4. The molecule has 0 N–H and O–H groups in total. The van der Waals surface area contributed by atoms with Crippen molar-refractivity contribution in [3.8, 4) is 5.75 Å². The summed E-state index contributed by atoms with van der Waals surface area (Å²) in [6, 6.07) is 31.7. The summed E-state index contributed by atoms with van der Waals surface area (Å²) >= 11 is 0. The van der Waals surface area contributed by atoms with Crippen molar-refractivity contribution >= 4 is 40.0 Å². The molecule has 43 heavy (non-hydrogen) atoms. The SMILES string of the molecule is COc1cc(C)ccc1N(CCN1C(=O)c2cccc3cccc(c23)C1=O)C(=O)c1ccc(C(=O)c2ccccc2)cc1. The Hall–Kier alpha value is -5.56. The maximum atomic E-state index is 14.0. The van der Waals surface area contributed by atoms with E-state index in [1.165, 1.54) is 16.9 Å². The summed E-state index contributed by atoms with van der Waals surface area (Å²) < 4.78 is 5.63. The predicted molar refractivity (Wildman–Crippen MR) is 165 cm³/mol. The number of amides is 3. The molecule has 7 heteroatoms. The lowest BCUT2D eigenvalue weighted by Gasteiger charge is -2.31. The highest BCUT2D eigenvalue weighted by molar-refractivity contribution is 6.25. The van der Waals surface area contributed by atoms with Crippen molar-refractivity contribution in [2.45, 2.75) is 6.92 Å². The van der Waals surface area contributed by atoms with Crippen LogP contribution in [-0.2, 0) is 0 Å². The molecule has 5 aromatic carbocycles. The monoisotopic (exact) mass is 568 g/mol. The zero-order chi connectivity index (χ0) is 30.1. The minimum Gasteiger partial charge on any atom is -0.495 e.